The third kappa shape index (κ3) is 1.62. The first kappa shape index (κ1) is 11.2. The van der Waals surface area contributed by atoms with Gasteiger partial charge >= 0.3 is 11.9 Å². The summed E-state index contributed by atoms with van der Waals surface area (Å²) in [6.45, 7) is 0. The molecule has 88 valence electrons. The molecule has 0 radical (unpaired) electrons. The molecule has 4 heteroatoms. The highest BCUT2D eigenvalue weighted by Crippen LogP contribution is 2.45. The molecule has 0 heterocycles. The van der Waals surface area contributed by atoms with E-state index in [1.54, 1.807) is 0 Å². The predicted molar refractivity (Wildman–Crippen MR) is 56.4 cm³/mol. The Bertz CT molecular complexity index is 302. The van der Waals surface area contributed by atoms with E-state index in [0.29, 0.717) is 0 Å². The van der Waals surface area contributed by atoms with Gasteiger partial charge in [0.05, 0.1) is 26.1 Å². The highest BCUT2D eigenvalue weighted by Gasteiger charge is 2.49. The molecule has 1 saturated carbocycles. The van der Waals surface area contributed by atoms with Crippen molar-refractivity contribution in [3.05, 3.63) is 12.2 Å². The Morgan fingerprint density at radius 1 is 0.938 bits per heavy atom. The molecule has 0 aromatic rings. The smallest absolute Gasteiger partial charge is 0.310 e. The van der Waals surface area contributed by atoms with Crippen LogP contribution in [0.15, 0.2) is 12.2 Å². The molecule has 1 fully saturated rings. The second-order valence-electron chi connectivity index (χ2n) is 4.39. The standard InChI is InChI=1S/C12H16O4/c1-15-11(13)9-7-3-5-8(6-4-7)10(9)12(14)16-2/h3,5,7-10H,4,6H2,1-2H3/t7-,8+,9-,10-/m0/s1. The van der Waals surface area contributed by atoms with Crippen molar-refractivity contribution in [2.45, 2.75) is 12.8 Å². The molecule has 0 amide bonds. The van der Waals surface area contributed by atoms with E-state index < -0.39 is 0 Å². The number of esters is 2. The van der Waals surface area contributed by atoms with E-state index in [-0.39, 0.29) is 35.6 Å². The van der Waals surface area contributed by atoms with Gasteiger partial charge < -0.3 is 9.47 Å². The fourth-order valence-electron chi connectivity index (χ4n) is 2.91. The van der Waals surface area contributed by atoms with Crippen LogP contribution in [-0.4, -0.2) is 26.2 Å². The first-order chi connectivity index (χ1) is 7.69. The Kier molecular flexibility index (Phi) is 2.99. The zero-order chi connectivity index (χ0) is 11.7. The average molecular weight is 224 g/mol. The molecule has 3 aliphatic rings. The van der Waals surface area contributed by atoms with Crippen LogP contribution >= 0.6 is 0 Å². The number of hydrogen-bond acceptors (Lipinski definition) is 4. The fourth-order valence-corrected chi connectivity index (χ4v) is 2.91. The van der Waals surface area contributed by atoms with Crippen LogP contribution in [0.1, 0.15) is 12.8 Å². The summed E-state index contributed by atoms with van der Waals surface area (Å²) >= 11 is 0. The van der Waals surface area contributed by atoms with Crippen LogP contribution in [0.25, 0.3) is 0 Å². The molecule has 0 saturated heterocycles. The summed E-state index contributed by atoms with van der Waals surface area (Å²) in [4.78, 5) is 23.4. The summed E-state index contributed by atoms with van der Waals surface area (Å²) in [6.07, 6.45) is 5.98. The Morgan fingerprint density at radius 3 is 1.56 bits per heavy atom. The van der Waals surface area contributed by atoms with Gasteiger partial charge in [0.15, 0.2) is 0 Å². The van der Waals surface area contributed by atoms with Crippen molar-refractivity contribution in [3.63, 3.8) is 0 Å². The average Bonchev–Trinajstić information content (AvgIpc) is 2.37. The van der Waals surface area contributed by atoms with E-state index in [1.165, 1.54) is 14.2 Å². The molecule has 0 aromatic carbocycles. The molecule has 0 aromatic heterocycles. The molecule has 4 nitrogen and oxygen atoms in total. The molecule has 0 N–H and O–H groups in total. The SMILES string of the molecule is COC(=O)[C@@H]1[C@@H](C(=O)OC)[C@H]2C=C[C@@H]1CC2. The highest BCUT2D eigenvalue weighted by atomic mass is 16.5. The largest absolute Gasteiger partial charge is 0.469 e. The summed E-state index contributed by atoms with van der Waals surface area (Å²) in [7, 11) is 2.73. The fraction of sp³-hybridized carbons (Fsp3) is 0.667. The summed E-state index contributed by atoms with van der Waals surface area (Å²) in [6, 6.07) is 0. The number of carbonyl (C=O) groups excluding carboxylic acids is 2. The van der Waals surface area contributed by atoms with Gasteiger partial charge in [0.25, 0.3) is 0 Å². The lowest BCUT2D eigenvalue weighted by Crippen LogP contribution is -2.46. The minimum atomic E-state index is -0.360. The van der Waals surface area contributed by atoms with Gasteiger partial charge in [0.2, 0.25) is 0 Å². The van der Waals surface area contributed by atoms with Gasteiger partial charge in [-0.05, 0) is 24.7 Å². The lowest BCUT2D eigenvalue weighted by atomic mass is 9.62. The third-order valence-corrected chi connectivity index (χ3v) is 3.69. The van der Waals surface area contributed by atoms with E-state index in [2.05, 4.69) is 0 Å². The van der Waals surface area contributed by atoms with Crippen LogP contribution in [0.5, 0.6) is 0 Å². The molecule has 4 atom stereocenters. The van der Waals surface area contributed by atoms with Crippen LogP contribution < -0.4 is 0 Å². The second-order valence-corrected chi connectivity index (χ2v) is 4.39. The Morgan fingerprint density at radius 2 is 1.31 bits per heavy atom. The summed E-state index contributed by atoms with van der Waals surface area (Å²) < 4.78 is 9.57. The maximum atomic E-state index is 11.7. The summed E-state index contributed by atoms with van der Waals surface area (Å²) in [5.41, 5.74) is 0. The van der Waals surface area contributed by atoms with Crippen LogP contribution in [-0.2, 0) is 19.1 Å². The van der Waals surface area contributed by atoms with Crippen molar-refractivity contribution >= 4 is 11.9 Å². The zero-order valence-electron chi connectivity index (χ0n) is 9.51. The summed E-state index contributed by atoms with van der Waals surface area (Å²) in [5.74, 6) is -1.06. The Hall–Kier alpha value is -1.32. The van der Waals surface area contributed by atoms with Gasteiger partial charge in [0, 0.05) is 0 Å². The summed E-state index contributed by atoms with van der Waals surface area (Å²) in [5, 5.41) is 0. The minimum absolute atomic E-state index is 0.126. The van der Waals surface area contributed by atoms with Gasteiger partial charge in [-0.1, -0.05) is 12.2 Å². The first-order valence-corrected chi connectivity index (χ1v) is 5.53. The molecule has 0 spiro atoms. The van der Waals surface area contributed by atoms with E-state index in [9.17, 15) is 9.59 Å². The Balaban J connectivity index is 2.29. The molecule has 0 unspecified atom stereocenters. The molecular formula is C12H16O4. The maximum Gasteiger partial charge on any atom is 0.310 e. The van der Waals surface area contributed by atoms with E-state index in [4.69, 9.17) is 9.47 Å². The number of hydrogen-bond donors (Lipinski definition) is 0. The van der Waals surface area contributed by atoms with E-state index in [1.807, 2.05) is 12.2 Å². The Labute approximate surface area is 94.6 Å². The van der Waals surface area contributed by atoms with Gasteiger partial charge in [-0.15, -0.1) is 0 Å². The molecule has 16 heavy (non-hydrogen) atoms. The number of rotatable bonds is 2. The number of ether oxygens (including phenoxy) is 2. The van der Waals surface area contributed by atoms with Crippen molar-refractivity contribution in [2.24, 2.45) is 23.7 Å². The van der Waals surface area contributed by atoms with Gasteiger partial charge in [-0.25, -0.2) is 0 Å². The number of allylic oxidation sites excluding steroid dienone is 2. The van der Waals surface area contributed by atoms with Gasteiger partial charge in [-0.3, -0.25) is 9.59 Å². The van der Waals surface area contributed by atoms with Crippen molar-refractivity contribution in [2.75, 3.05) is 14.2 Å². The van der Waals surface area contributed by atoms with E-state index in [0.717, 1.165) is 12.8 Å². The molecular weight excluding hydrogens is 208 g/mol. The second kappa shape index (κ2) is 4.28. The number of methoxy groups -OCH3 is 2. The predicted octanol–water partition coefficient (Wildman–Crippen LogP) is 1.16. The maximum absolute atomic E-state index is 11.7. The van der Waals surface area contributed by atoms with Crippen LogP contribution in [0.3, 0.4) is 0 Å². The normalized spacial score (nSPS) is 35.9. The number of carbonyl (C=O) groups is 2. The van der Waals surface area contributed by atoms with Gasteiger partial charge in [0.1, 0.15) is 0 Å². The quantitative estimate of drug-likeness (QED) is 0.521. The molecule has 0 aliphatic heterocycles. The van der Waals surface area contributed by atoms with Crippen LogP contribution in [0.2, 0.25) is 0 Å². The topological polar surface area (TPSA) is 52.6 Å². The van der Waals surface area contributed by atoms with Crippen LogP contribution in [0, 0.1) is 23.7 Å². The lowest BCUT2D eigenvalue weighted by Gasteiger charge is -2.41. The number of fused-ring (bicyclic) bond motifs is 2. The van der Waals surface area contributed by atoms with Crippen LogP contribution in [0.4, 0.5) is 0 Å². The van der Waals surface area contributed by atoms with Gasteiger partial charge in [-0.2, -0.15) is 0 Å². The monoisotopic (exact) mass is 224 g/mol. The molecule has 3 aliphatic carbocycles. The highest BCUT2D eigenvalue weighted by molar-refractivity contribution is 5.83. The van der Waals surface area contributed by atoms with E-state index >= 15 is 0 Å². The van der Waals surface area contributed by atoms with Crippen molar-refractivity contribution in [1.29, 1.82) is 0 Å². The molecule has 2 bridgehead atoms. The van der Waals surface area contributed by atoms with Crippen molar-refractivity contribution < 1.29 is 19.1 Å². The lowest BCUT2D eigenvalue weighted by molar-refractivity contribution is -0.164. The first-order valence-electron chi connectivity index (χ1n) is 5.53. The molecule has 3 rings (SSSR count). The van der Waals surface area contributed by atoms with Crippen molar-refractivity contribution in [3.8, 4) is 0 Å². The minimum Gasteiger partial charge on any atom is -0.469 e. The third-order valence-electron chi connectivity index (χ3n) is 3.69. The van der Waals surface area contributed by atoms with Crippen molar-refractivity contribution in [1.82, 2.24) is 0 Å². The zero-order valence-corrected chi connectivity index (χ0v) is 9.51.